The molecule has 0 amide bonds. The Kier molecular flexibility index (Phi) is 6.17. The van der Waals surface area contributed by atoms with Gasteiger partial charge in [0.25, 0.3) is 0 Å². The number of hydrogen-bond donors (Lipinski definition) is 2. The van der Waals surface area contributed by atoms with Crippen molar-refractivity contribution in [3.63, 3.8) is 0 Å². The van der Waals surface area contributed by atoms with Crippen LogP contribution in [-0.2, 0) is 6.42 Å². The fourth-order valence-corrected chi connectivity index (χ4v) is 1.74. The molecule has 0 aliphatic heterocycles. The van der Waals surface area contributed by atoms with Gasteiger partial charge in [-0.05, 0) is 40.9 Å². The summed E-state index contributed by atoms with van der Waals surface area (Å²) in [7, 11) is 0. The molecule has 0 spiro atoms. The van der Waals surface area contributed by atoms with Crippen molar-refractivity contribution in [1.29, 1.82) is 0 Å². The number of nitrogens with zero attached hydrogens (tertiary/aromatic N) is 1. The fraction of sp³-hybridized carbons (Fsp3) is 0.500. The molecule has 0 aromatic carbocycles. The van der Waals surface area contributed by atoms with E-state index in [0.717, 1.165) is 29.4 Å². The van der Waals surface area contributed by atoms with Gasteiger partial charge in [-0.3, -0.25) is 16.3 Å². The summed E-state index contributed by atoms with van der Waals surface area (Å²) >= 11 is 8.99. The maximum Gasteiger partial charge on any atom is 0.0420 e. The molecule has 0 saturated heterocycles. The Labute approximate surface area is 104 Å². The Balaban J connectivity index is 2.47. The lowest BCUT2D eigenvalue weighted by Crippen LogP contribution is -2.37. The minimum atomic E-state index is 0.248. The second kappa shape index (κ2) is 7.17. The Hall–Kier alpha value is -0.160. The Morgan fingerprint density at radius 1 is 1.53 bits per heavy atom. The zero-order valence-electron chi connectivity index (χ0n) is 8.42. The van der Waals surface area contributed by atoms with Crippen molar-refractivity contribution in [3.8, 4) is 0 Å². The van der Waals surface area contributed by atoms with Crippen LogP contribution in [0.25, 0.3) is 0 Å². The van der Waals surface area contributed by atoms with E-state index in [1.54, 1.807) is 6.20 Å². The zero-order valence-corrected chi connectivity index (χ0v) is 10.8. The average molecular weight is 293 g/mol. The quantitative estimate of drug-likeness (QED) is 0.480. The van der Waals surface area contributed by atoms with Crippen LogP contribution in [0, 0.1) is 0 Å². The summed E-state index contributed by atoms with van der Waals surface area (Å²) in [5, 5.41) is 0. The normalized spacial score (nSPS) is 12.7. The van der Waals surface area contributed by atoms with Crippen LogP contribution in [0.3, 0.4) is 0 Å². The molecule has 0 bridgehead atoms. The van der Waals surface area contributed by atoms with Gasteiger partial charge in [0.1, 0.15) is 0 Å². The van der Waals surface area contributed by atoms with Gasteiger partial charge in [0.2, 0.25) is 0 Å². The van der Waals surface area contributed by atoms with Gasteiger partial charge in [-0.25, -0.2) is 0 Å². The van der Waals surface area contributed by atoms with Gasteiger partial charge in [0.05, 0.1) is 0 Å². The van der Waals surface area contributed by atoms with Gasteiger partial charge >= 0.3 is 0 Å². The van der Waals surface area contributed by atoms with Crippen LogP contribution in [-0.4, -0.2) is 16.9 Å². The van der Waals surface area contributed by atoms with E-state index in [9.17, 15) is 0 Å². The van der Waals surface area contributed by atoms with E-state index in [-0.39, 0.29) is 6.04 Å². The number of nitrogens with one attached hydrogen (secondary N) is 1. The highest BCUT2D eigenvalue weighted by Crippen LogP contribution is 2.10. The van der Waals surface area contributed by atoms with Crippen molar-refractivity contribution in [1.82, 2.24) is 10.4 Å². The second-order valence-electron chi connectivity index (χ2n) is 3.37. The topological polar surface area (TPSA) is 50.9 Å². The Morgan fingerprint density at radius 2 is 2.33 bits per heavy atom. The van der Waals surface area contributed by atoms with E-state index < -0.39 is 0 Å². The number of halogens is 2. The zero-order chi connectivity index (χ0) is 11.1. The molecule has 1 aromatic heterocycles. The van der Waals surface area contributed by atoms with E-state index in [2.05, 4.69) is 26.3 Å². The third-order valence-electron chi connectivity index (χ3n) is 2.17. The first-order valence-corrected chi connectivity index (χ1v) is 6.21. The third-order valence-corrected chi connectivity index (χ3v) is 2.90. The molecule has 0 aliphatic rings. The molecule has 0 radical (unpaired) electrons. The van der Waals surface area contributed by atoms with Crippen molar-refractivity contribution >= 4 is 27.5 Å². The summed E-state index contributed by atoms with van der Waals surface area (Å²) in [6.07, 6.45) is 4.57. The van der Waals surface area contributed by atoms with E-state index in [1.165, 1.54) is 0 Å². The van der Waals surface area contributed by atoms with E-state index in [4.69, 9.17) is 17.4 Å². The van der Waals surface area contributed by atoms with E-state index in [1.807, 2.05) is 12.1 Å². The van der Waals surface area contributed by atoms with Crippen LogP contribution in [0.5, 0.6) is 0 Å². The lowest BCUT2D eigenvalue weighted by Gasteiger charge is -2.14. The second-order valence-corrected chi connectivity index (χ2v) is 4.66. The number of rotatable bonds is 6. The summed E-state index contributed by atoms with van der Waals surface area (Å²) in [5.41, 5.74) is 3.83. The summed E-state index contributed by atoms with van der Waals surface area (Å²) in [6, 6.07) is 4.23. The number of hydrogen-bond acceptors (Lipinski definition) is 3. The predicted molar refractivity (Wildman–Crippen MR) is 66.7 cm³/mol. The first kappa shape index (κ1) is 12.9. The standard InChI is InChI=1S/C10H15BrClN3/c11-8-3-4-9(14-7-8)6-10(15-13)2-1-5-12/h3-4,7,10,15H,1-2,5-6,13H2. The molecule has 5 heteroatoms. The first-order valence-electron chi connectivity index (χ1n) is 4.88. The highest BCUT2D eigenvalue weighted by molar-refractivity contribution is 9.10. The largest absolute Gasteiger partial charge is 0.271 e. The molecule has 1 heterocycles. The number of pyridine rings is 1. The number of nitrogens with two attached hydrogens (primary N) is 1. The van der Waals surface area contributed by atoms with Gasteiger partial charge in [0, 0.05) is 34.7 Å². The monoisotopic (exact) mass is 291 g/mol. The summed E-state index contributed by atoms with van der Waals surface area (Å²) < 4.78 is 0.990. The molecule has 3 nitrogen and oxygen atoms in total. The van der Waals surface area contributed by atoms with Crippen molar-refractivity contribution in [2.45, 2.75) is 25.3 Å². The van der Waals surface area contributed by atoms with Gasteiger partial charge in [-0.15, -0.1) is 11.6 Å². The average Bonchev–Trinajstić information content (AvgIpc) is 2.27. The van der Waals surface area contributed by atoms with Gasteiger partial charge in [0.15, 0.2) is 0 Å². The molecule has 15 heavy (non-hydrogen) atoms. The maximum absolute atomic E-state index is 5.64. The first-order chi connectivity index (χ1) is 7.26. The number of aromatic nitrogens is 1. The Morgan fingerprint density at radius 3 is 2.87 bits per heavy atom. The highest BCUT2D eigenvalue weighted by Gasteiger charge is 2.07. The molecule has 1 unspecified atom stereocenters. The SMILES string of the molecule is NNC(CCCCl)Cc1ccc(Br)cn1. The molecule has 1 rings (SSSR count). The maximum atomic E-state index is 5.64. The molecular formula is C10H15BrClN3. The van der Waals surface area contributed by atoms with Crippen LogP contribution in [0.15, 0.2) is 22.8 Å². The van der Waals surface area contributed by atoms with Crippen molar-refractivity contribution in [3.05, 3.63) is 28.5 Å². The van der Waals surface area contributed by atoms with Gasteiger partial charge in [-0.2, -0.15) is 0 Å². The van der Waals surface area contributed by atoms with Gasteiger partial charge in [-0.1, -0.05) is 0 Å². The lowest BCUT2D eigenvalue weighted by molar-refractivity contribution is 0.483. The summed E-state index contributed by atoms with van der Waals surface area (Å²) in [6.45, 7) is 0. The molecular weight excluding hydrogens is 277 g/mol. The predicted octanol–water partition coefficient (Wildman–Crippen LogP) is 2.24. The summed E-state index contributed by atoms with van der Waals surface area (Å²) in [5.74, 6) is 6.13. The van der Waals surface area contributed by atoms with Gasteiger partial charge < -0.3 is 0 Å². The minimum Gasteiger partial charge on any atom is -0.271 e. The number of alkyl halides is 1. The highest BCUT2D eigenvalue weighted by atomic mass is 79.9. The molecule has 3 N–H and O–H groups in total. The molecule has 84 valence electrons. The van der Waals surface area contributed by atoms with Crippen molar-refractivity contribution in [2.24, 2.45) is 5.84 Å². The van der Waals surface area contributed by atoms with Crippen LogP contribution < -0.4 is 11.3 Å². The smallest absolute Gasteiger partial charge is 0.0420 e. The fourth-order valence-electron chi connectivity index (χ4n) is 1.35. The van der Waals surface area contributed by atoms with Crippen LogP contribution >= 0.6 is 27.5 Å². The van der Waals surface area contributed by atoms with Crippen LogP contribution in [0.1, 0.15) is 18.5 Å². The molecule has 1 aromatic rings. The van der Waals surface area contributed by atoms with E-state index >= 15 is 0 Å². The van der Waals surface area contributed by atoms with Crippen LogP contribution in [0.4, 0.5) is 0 Å². The third kappa shape index (κ3) is 4.93. The molecule has 0 saturated carbocycles. The molecule has 1 atom stereocenters. The Bertz CT molecular complexity index is 279. The van der Waals surface area contributed by atoms with Crippen LogP contribution in [0.2, 0.25) is 0 Å². The number of hydrazine groups is 1. The van der Waals surface area contributed by atoms with E-state index in [0.29, 0.717) is 5.88 Å². The lowest BCUT2D eigenvalue weighted by atomic mass is 10.1. The summed E-state index contributed by atoms with van der Waals surface area (Å²) in [4.78, 5) is 4.30. The van der Waals surface area contributed by atoms with Crippen molar-refractivity contribution < 1.29 is 0 Å². The minimum absolute atomic E-state index is 0.248. The van der Waals surface area contributed by atoms with Crippen molar-refractivity contribution in [2.75, 3.05) is 5.88 Å². The molecule has 0 aliphatic carbocycles. The molecule has 0 fully saturated rings.